The van der Waals surface area contributed by atoms with Gasteiger partial charge in [0.15, 0.2) is 5.96 Å². The molecule has 0 radical (unpaired) electrons. The first-order valence-electron chi connectivity index (χ1n) is 7.40. The Hall–Kier alpha value is -2.39. The van der Waals surface area contributed by atoms with E-state index in [-0.39, 0.29) is 4.90 Å². The van der Waals surface area contributed by atoms with Crippen molar-refractivity contribution in [1.29, 1.82) is 0 Å². The monoisotopic (exact) mass is 350 g/mol. The summed E-state index contributed by atoms with van der Waals surface area (Å²) in [5.74, 6) is 0.623. The minimum Gasteiger partial charge on any atom is -0.352 e. The van der Waals surface area contributed by atoms with Gasteiger partial charge < -0.3 is 10.6 Å². The molecule has 0 aliphatic rings. The lowest BCUT2D eigenvalue weighted by Gasteiger charge is -2.12. The van der Waals surface area contributed by atoms with E-state index in [0.717, 1.165) is 11.3 Å². The van der Waals surface area contributed by atoms with Crippen LogP contribution in [0.4, 0.5) is 0 Å². The van der Waals surface area contributed by atoms with Crippen molar-refractivity contribution in [2.75, 3.05) is 14.1 Å². The fraction of sp³-hybridized carbons (Fsp3) is 0.333. The number of aryl methyl sites for hydroxylation is 1. The van der Waals surface area contributed by atoms with Crippen LogP contribution in [0.5, 0.6) is 0 Å². The van der Waals surface area contributed by atoms with Crippen molar-refractivity contribution in [3.8, 4) is 0 Å². The van der Waals surface area contributed by atoms with Crippen molar-refractivity contribution in [3.63, 3.8) is 0 Å². The van der Waals surface area contributed by atoms with Crippen molar-refractivity contribution < 1.29 is 8.42 Å². The van der Waals surface area contributed by atoms with Gasteiger partial charge in [-0.1, -0.05) is 12.1 Å². The zero-order valence-corrected chi connectivity index (χ0v) is 14.8. The van der Waals surface area contributed by atoms with Gasteiger partial charge in [-0.3, -0.25) is 9.67 Å². The molecule has 8 nitrogen and oxygen atoms in total. The Morgan fingerprint density at radius 2 is 2.00 bits per heavy atom. The third-order valence-corrected chi connectivity index (χ3v) is 4.93. The van der Waals surface area contributed by atoms with E-state index in [1.54, 1.807) is 36.1 Å². The summed E-state index contributed by atoms with van der Waals surface area (Å²) in [5.41, 5.74) is 1.87. The average molecular weight is 350 g/mol. The van der Waals surface area contributed by atoms with Crippen molar-refractivity contribution in [1.82, 2.24) is 25.1 Å². The third-order valence-electron chi connectivity index (χ3n) is 3.52. The van der Waals surface area contributed by atoms with Gasteiger partial charge in [-0.05, 0) is 30.8 Å². The summed E-state index contributed by atoms with van der Waals surface area (Å²) in [6.07, 6.45) is 1.74. The Bertz CT molecular complexity index is 813. The first-order valence-corrected chi connectivity index (χ1v) is 8.88. The van der Waals surface area contributed by atoms with Crippen molar-refractivity contribution in [2.45, 2.75) is 18.0 Å². The molecule has 2 rings (SSSR count). The number of guanidine groups is 1. The fourth-order valence-corrected chi connectivity index (χ4v) is 2.90. The molecule has 0 amide bonds. The lowest BCUT2D eigenvalue weighted by Crippen LogP contribution is -2.36. The van der Waals surface area contributed by atoms with Gasteiger partial charge in [-0.25, -0.2) is 13.1 Å². The molecule has 0 bridgehead atoms. The van der Waals surface area contributed by atoms with E-state index in [2.05, 4.69) is 25.4 Å². The van der Waals surface area contributed by atoms with Gasteiger partial charge in [0, 0.05) is 26.8 Å². The van der Waals surface area contributed by atoms with Crippen LogP contribution in [0.2, 0.25) is 0 Å². The predicted octanol–water partition coefficient (Wildman–Crippen LogP) is 0.193. The zero-order chi connectivity index (χ0) is 17.6. The molecule has 130 valence electrons. The molecule has 1 heterocycles. The van der Waals surface area contributed by atoms with E-state index in [1.807, 2.05) is 19.2 Å². The van der Waals surface area contributed by atoms with E-state index >= 15 is 0 Å². The topological polar surface area (TPSA) is 100 Å². The van der Waals surface area contributed by atoms with Crippen LogP contribution in [0, 0.1) is 0 Å². The van der Waals surface area contributed by atoms with Gasteiger partial charge in [0.1, 0.15) is 0 Å². The number of benzene rings is 1. The van der Waals surface area contributed by atoms with Crippen LogP contribution >= 0.6 is 0 Å². The van der Waals surface area contributed by atoms with Crippen LogP contribution in [-0.4, -0.2) is 38.3 Å². The number of aliphatic imine (C=N–C) groups is 1. The second-order valence-corrected chi connectivity index (χ2v) is 6.97. The first kappa shape index (κ1) is 18.0. The van der Waals surface area contributed by atoms with Gasteiger partial charge in [0.2, 0.25) is 10.0 Å². The fourth-order valence-electron chi connectivity index (χ4n) is 2.10. The smallest absolute Gasteiger partial charge is 0.240 e. The van der Waals surface area contributed by atoms with E-state index in [0.29, 0.717) is 19.0 Å². The summed E-state index contributed by atoms with van der Waals surface area (Å²) in [5, 5.41) is 10.5. The van der Waals surface area contributed by atoms with Crippen LogP contribution in [-0.2, 0) is 30.2 Å². The van der Waals surface area contributed by atoms with E-state index in [9.17, 15) is 8.42 Å². The van der Waals surface area contributed by atoms with Crippen molar-refractivity contribution in [2.24, 2.45) is 12.0 Å². The van der Waals surface area contributed by atoms with Gasteiger partial charge in [-0.15, -0.1) is 0 Å². The number of aromatic nitrogens is 2. The highest BCUT2D eigenvalue weighted by Gasteiger charge is 2.11. The summed E-state index contributed by atoms with van der Waals surface area (Å²) >= 11 is 0. The summed E-state index contributed by atoms with van der Waals surface area (Å²) in [4.78, 5) is 4.39. The molecule has 3 N–H and O–H groups in total. The molecule has 0 aliphatic heterocycles. The van der Waals surface area contributed by atoms with E-state index in [1.165, 1.54) is 7.05 Å². The van der Waals surface area contributed by atoms with Crippen LogP contribution in [0.15, 0.2) is 46.4 Å². The minimum absolute atomic E-state index is 0.238. The van der Waals surface area contributed by atoms with Gasteiger partial charge in [0.05, 0.1) is 17.1 Å². The summed E-state index contributed by atoms with van der Waals surface area (Å²) in [7, 11) is 1.51. The highest BCUT2D eigenvalue weighted by Crippen LogP contribution is 2.10. The van der Waals surface area contributed by atoms with E-state index in [4.69, 9.17) is 0 Å². The maximum Gasteiger partial charge on any atom is 0.240 e. The Kier molecular flexibility index (Phi) is 5.93. The molecule has 0 spiro atoms. The van der Waals surface area contributed by atoms with E-state index < -0.39 is 10.0 Å². The molecule has 2 aromatic rings. The van der Waals surface area contributed by atoms with Gasteiger partial charge >= 0.3 is 0 Å². The molecule has 0 atom stereocenters. The Morgan fingerprint density at radius 3 is 2.62 bits per heavy atom. The lowest BCUT2D eigenvalue weighted by molar-refractivity contribution is 0.588. The summed E-state index contributed by atoms with van der Waals surface area (Å²) < 4.78 is 27.8. The molecular weight excluding hydrogens is 328 g/mol. The highest BCUT2D eigenvalue weighted by molar-refractivity contribution is 7.89. The molecule has 0 aliphatic carbocycles. The Labute approximate surface area is 142 Å². The van der Waals surface area contributed by atoms with Crippen LogP contribution < -0.4 is 15.4 Å². The normalized spacial score (nSPS) is 12.2. The van der Waals surface area contributed by atoms with Crippen LogP contribution in [0.1, 0.15) is 11.3 Å². The highest BCUT2D eigenvalue weighted by atomic mass is 32.2. The number of rotatable bonds is 6. The van der Waals surface area contributed by atoms with Crippen molar-refractivity contribution >= 4 is 16.0 Å². The molecule has 1 aromatic heterocycles. The minimum atomic E-state index is -3.44. The number of nitrogens with one attached hydrogen (secondary N) is 3. The van der Waals surface area contributed by atoms with Crippen molar-refractivity contribution in [3.05, 3.63) is 47.8 Å². The molecular formula is C15H22N6O2S. The molecule has 0 saturated heterocycles. The molecule has 0 unspecified atom stereocenters. The molecule has 0 saturated carbocycles. The average Bonchev–Trinajstić information content (AvgIpc) is 3.00. The zero-order valence-electron chi connectivity index (χ0n) is 13.9. The lowest BCUT2D eigenvalue weighted by atomic mass is 10.2. The molecule has 9 heteroatoms. The summed E-state index contributed by atoms with van der Waals surface area (Å²) in [6, 6.07) is 8.69. The van der Waals surface area contributed by atoms with Gasteiger partial charge in [0.25, 0.3) is 0 Å². The molecule has 24 heavy (non-hydrogen) atoms. The number of sulfonamides is 1. The first-order chi connectivity index (χ1) is 11.5. The Morgan fingerprint density at radius 1 is 1.25 bits per heavy atom. The molecule has 1 aromatic carbocycles. The van der Waals surface area contributed by atoms with Crippen LogP contribution in [0.3, 0.4) is 0 Å². The number of nitrogens with zero attached hydrogens (tertiary/aromatic N) is 3. The largest absolute Gasteiger partial charge is 0.352 e. The van der Waals surface area contributed by atoms with Crippen LogP contribution in [0.25, 0.3) is 0 Å². The number of hydrogen-bond donors (Lipinski definition) is 3. The Balaban J connectivity index is 1.96. The maximum absolute atomic E-state index is 11.8. The third kappa shape index (κ3) is 4.56. The molecule has 0 fully saturated rings. The summed E-state index contributed by atoms with van der Waals surface area (Å²) in [6.45, 7) is 1.04. The second kappa shape index (κ2) is 7.93. The quantitative estimate of drug-likeness (QED) is 0.510. The second-order valence-electron chi connectivity index (χ2n) is 5.08. The van der Waals surface area contributed by atoms with Gasteiger partial charge in [-0.2, -0.15) is 5.10 Å². The SMILES string of the molecule is CN=C(NCc1cccc(S(=O)(=O)NC)c1)NCc1ccnn1C. The standard InChI is InChI=1S/C15H22N6O2S/c1-16-15(19-11-13-7-8-20-21(13)3)18-10-12-5-4-6-14(9-12)24(22,23)17-2/h4-9,17H,10-11H2,1-3H3,(H2,16,18,19). The maximum atomic E-state index is 11.8. The number of hydrogen-bond acceptors (Lipinski definition) is 4. The predicted molar refractivity (Wildman–Crippen MR) is 92.9 cm³/mol.